The molecule has 4 aromatic carbocycles. The maximum absolute atomic E-state index is 14.1. The number of anilines is 3. The fourth-order valence-corrected chi connectivity index (χ4v) is 6.88. The third-order valence-electron chi connectivity index (χ3n) is 9.23. The van der Waals surface area contributed by atoms with E-state index in [1.807, 2.05) is 97.9 Å². The van der Waals surface area contributed by atoms with E-state index in [1.54, 1.807) is 24.3 Å². The van der Waals surface area contributed by atoms with E-state index in [0.29, 0.717) is 35.4 Å². The van der Waals surface area contributed by atoms with E-state index in [0.717, 1.165) is 22.5 Å². The summed E-state index contributed by atoms with van der Waals surface area (Å²) in [6.45, 7) is 1.65. The van der Waals surface area contributed by atoms with E-state index in [1.165, 1.54) is 4.90 Å². The number of hydrogen-bond donors (Lipinski definition) is 4. The van der Waals surface area contributed by atoms with Crippen molar-refractivity contribution in [3.8, 4) is 11.5 Å². The van der Waals surface area contributed by atoms with Crippen LogP contribution in [0.15, 0.2) is 126 Å². The predicted molar refractivity (Wildman–Crippen MR) is 187 cm³/mol. The Morgan fingerprint density at radius 1 is 0.896 bits per heavy atom. The summed E-state index contributed by atoms with van der Waals surface area (Å²) in [4.78, 5) is 29.2. The molecule has 4 aromatic rings. The molecule has 0 unspecified atom stereocenters. The molecular formula is C40H40N2O6. The number of aromatic hydroxyl groups is 1. The summed E-state index contributed by atoms with van der Waals surface area (Å²) in [5.74, 6) is -2.14. The van der Waals surface area contributed by atoms with Crippen LogP contribution in [0.1, 0.15) is 31.7 Å². The lowest BCUT2D eigenvalue weighted by Gasteiger charge is -2.36. The average Bonchev–Trinajstić information content (AvgIpc) is 3.36. The minimum absolute atomic E-state index is 0.115. The van der Waals surface area contributed by atoms with Gasteiger partial charge in [-0.15, -0.1) is 0 Å². The molecule has 1 saturated heterocycles. The first-order chi connectivity index (χ1) is 23.3. The number of carbonyl (C=O) groups is 2. The van der Waals surface area contributed by atoms with Crippen LogP contribution in [0.25, 0.3) is 6.08 Å². The largest absolute Gasteiger partial charge is 0.507 e. The molecule has 1 fully saturated rings. The molecule has 246 valence electrons. The van der Waals surface area contributed by atoms with Gasteiger partial charge in [0.05, 0.1) is 30.2 Å². The minimum Gasteiger partial charge on any atom is -0.507 e. The van der Waals surface area contributed by atoms with Gasteiger partial charge in [-0.25, -0.2) is 0 Å². The molecule has 4 N–H and O–H groups in total. The molecule has 4 atom stereocenters. The summed E-state index contributed by atoms with van der Waals surface area (Å²) in [5, 5.41) is 36.0. The van der Waals surface area contributed by atoms with Crippen molar-refractivity contribution in [3.05, 3.63) is 131 Å². The summed E-state index contributed by atoms with van der Waals surface area (Å²) in [7, 11) is 0. The molecule has 1 aliphatic carbocycles. The Hall–Kier alpha value is -5.18. The lowest BCUT2D eigenvalue weighted by atomic mass is 9.68. The van der Waals surface area contributed by atoms with Gasteiger partial charge in [-0.05, 0) is 91.9 Å². The number of nitrogens with one attached hydrogen (secondary N) is 1. The van der Waals surface area contributed by atoms with Crippen molar-refractivity contribution in [2.24, 2.45) is 17.8 Å². The number of hydrogen-bond acceptors (Lipinski definition) is 7. The van der Waals surface area contributed by atoms with Gasteiger partial charge in [0.1, 0.15) is 18.1 Å². The molecule has 0 aromatic heterocycles. The van der Waals surface area contributed by atoms with Crippen molar-refractivity contribution < 1.29 is 29.6 Å². The summed E-state index contributed by atoms with van der Waals surface area (Å²) in [5.41, 5.74) is 5.12. The van der Waals surface area contributed by atoms with Crippen LogP contribution in [-0.2, 0) is 9.59 Å². The van der Waals surface area contributed by atoms with Gasteiger partial charge in [0.25, 0.3) is 0 Å². The Morgan fingerprint density at radius 2 is 1.54 bits per heavy atom. The molecule has 0 saturated carbocycles. The second-order valence-electron chi connectivity index (χ2n) is 12.4. The molecule has 6 rings (SSSR count). The second-order valence-corrected chi connectivity index (χ2v) is 12.4. The number of benzene rings is 4. The third kappa shape index (κ3) is 7.05. The second kappa shape index (κ2) is 14.7. The zero-order chi connectivity index (χ0) is 33.6. The van der Waals surface area contributed by atoms with Gasteiger partial charge >= 0.3 is 0 Å². The van der Waals surface area contributed by atoms with Crippen LogP contribution in [0.2, 0.25) is 0 Å². The lowest BCUT2D eigenvalue weighted by molar-refractivity contribution is -0.123. The Kier molecular flexibility index (Phi) is 10.0. The molecular weight excluding hydrogens is 604 g/mol. The fourth-order valence-electron chi connectivity index (χ4n) is 6.88. The molecule has 2 amide bonds. The number of imide groups is 1. The Labute approximate surface area is 280 Å². The van der Waals surface area contributed by atoms with Crippen molar-refractivity contribution >= 4 is 35.0 Å². The highest BCUT2D eigenvalue weighted by Crippen LogP contribution is 2.47. The van der Waals surface area contributed by atoms with Crippen LogP contribution < -0.4 is 15.0 Å². The first-order valence-corrected chi connectivity index (χ1v) is 16.3. The average molecular weight is 645 g/mol. The van der Waals surface area contributed by atoms with Crippen LogP contribution in [0.3, 0.4) is 0 Å². The van der Waals surface area contributed by atoms with Crippen LogP contribution in [0.5, 0.6) is 11.5 Å². The first-order valence-electron chi connectivity index (χ1n) is 16.3. The van der Waals surface area contributed by atoms with Gasteiger partial charge in [-0.2, -0.15) is 0 Å². The van der Waals surface area contributed by atoms with Crippen LogP contribution in [0, 0.1) is 17.8 Å². The molecule has 8 heteroatoms. The number of fused-ring (bicyclic) bond motifs is 1. The van der Waals surface area contributed by atoms with Crippen molar-refractivity contribution in [2.75, 3.05) is 23.4 Å². The number of ether oxygens (including phenoxy) is 1. The van der Waals surface area contributed by atoms with E-state index >= 15 is 0 Å². The Bertz CT molecular complexity index is 1800. The Morgan fingerprint density at radius 3 is 2.23 bits per heavy atom. The van der Waals surface area contributed by atoms with Gasteiger partial charge < -0.3 is 25.4 Å². The molecule has 0 bridgehead atoms. The maximum Gasteiger partial charge on any atom is 0.238 e. The molecule has 48 heavy (non-hydrogen) atoms. The van der Waals surface area contributed by atoms with E-state index in [9.17, 15) is 24.9 Å². The van der Waals surface area contributed by atoms with Crippen molar-refractivity contribution in [2.45, 2.75) is 32.3 Å². The molecule has 1 heterocycles. The monoisotopic (exact) mass is 644 g/mol. The smallest absolute Gasteiger partial charge is 0.238 e. The standard InChI is InChI=1S/C40H40N2O6/c1-26(22-27-10-8-9-15-35(27)44)16-21-36(45)37-28(25-48-32-13-6-3-7-14-32)23-33-38(34(37)24-43)40(47)42(39(33)46)31-19-17-30(18-20-31)41-29-11-4-2-5-12-29/h2-15,17-20,22,33-34,36,38,41,43-45H,16,21,23-25H2,1H3/b26-22+/t33-,34+,36-,38-/m1/s1. The number of phenols is 1. The van der Waals surface area contributed by atoms with E-state index in [2.05, 4.69) is 5.32 Å². The van der Waals surface area contributed by atoms with Crippen LogP contribution >= 0.6 is 0 Å². The zero-order valence-corrected chi connectivity index (χ0v) is 26.8. The summed E-state index contributed by atoms with van der Waals surface area (Å²) in [6, 6.07) is 33.2. The van der Waals surface area contributed by atoms with Gasteiger partial charge in [0, 0.05) is 22.9 Å². The van der Waals surface area contributed by atoms with Gasteiger partial charge in [-0.1, -0.05) is 66.2 Å². The topological polar surface area (TPSA) is 119 Å². The number of aliphatic hydroxyl groups is 2. The SMILES string of the molecule is C/C(=C\c1ccccc1O)CC[C@@H](O)C1=C(COc2ccccc2)C[C@H]2C(=O)N(c3ccc(Nc4ccccc4)cc3)C(=O)[C@H]2[C@H]1CO. The number of rotatable bonds is 12. The highest BCUT2D eigenvalue weighted by atomic mass is 16.5. The van der Waals surface area contributed by atoms with Crippen molar-refractivity contribution in [1.29, 1.82) is 0 Å². The van der Waals surface area contributed by atoms with E-state index in [-0.39, 0.29) is 30.6 Å². The van der Waals surface area contributed by atoms with Gasteiger partial charge in [0.2, 0.25) is 11.8 Å². The predicted octanol–water partition coefficient (Wildman–Crippen LogP) is 6.87. The number of carbonyl (C=O) groups excluding carboxylic acids is 2. The molecule has 8 nitrogen and oxygen atoms in total. The normalized spacial score (nSPS) is 20.1. The maximum atomic E-state index is 14.1. The number of nitrogens with zero attached hydrogens (tertiary/aromatic N) is 1. The first kappa shape index (κ1) is 32.7. The van der Waals surface area contributed by atoms with Crippen molar-refractivity contribution in [1.82, 2.24) is 0 Å². The minimum atomic E-state index is -0.981. The van der Waals surface area contributed by atoms with Gasteiger partial charge in [0.15, 0.2) is 0 Å². The fraction of sp³-hybridized carbons (Fsp3) is 0.250. The summed E-state index contributed by atoms with van der Waals surface area (Å²) < 4.78 is 6.11. The van der Waals surface area contributed by atoms with Crippen LogP contribution in [-0.4, -0.2) is 46.5 Å². The summed E-state index contributed by atoms with van der Waals surface area (Å²) in [6.07, 6.45) is 1.98. The number of para-hydroxylation sites is 3. The highest BCUT2D eigenvalue weighted by Gasteiger charge is 2.55. The number of allylic oxidation sites excluding steroid dienone is 1. The number of amides is 2. The highest BCUT2D eigenvalue weighted by molar-refractivity contribution is 6.22. The summed E-state index contributed by atoms with van der Waals surface area (Å²) >= 11 is 0. The van der Waals surface area contributed by atoms with Gasteiger partial charge in [-0.3, -0.25) is 14.5 Å². The van der Waals surface area contributed by atoms with Crippen LogP contribution in [0.4, 0.5) is 17.1 Å². The van der Waals surface area contributed by atoms with Crippen molar-refractivity contribution in [3.63, 3.8) is 0 Å². The molecule has 2 aliphatic rings. The molecule has 0 radical (unpaired) electrons. The third-order valence-corrected chi connectivity index (χ3v) is 9.23. The lowest BCUT2D eigenvalue weighted by Crippen LogP contribution is -2.40. The number of aliphatic hydroxyl groups excluding tert-OH is 2. The molecule has 1 aliphatic heterocycles. The molecule has 0 spiro atoms. The Balaban J connectivity index is 1.25. The zero-order valence-electron chi connectivity index (χ0n) is 26.8. The van der Waals surface area contributed by atoms with E-state index < -0.39 is 30.5 Å². The van der Waals surface area contributed by atoms with E-state index in [4.69, 9.17) is 4.74 Å². The number of phenolic OH excluding ortho intramolecular Hbond substituents is 1. The quantitative estimate of drug-likeness (QED) is 0.0982.